The molecular formula is C14H12Cl2FN3S. The second kappa shape index (κ2) is 5.55. The van der Waals surface area contributed by atoms with Crippen molar-refractivity contribution in [3.8, 4) is 0 Å². The molecule has 3 nitrogen and oxygen atoms in total. The molecule has 21 heavy (non-hydrogen) atoms. The van der Waals surface area contributed by atoms with Crippen molar-refractivity contribution < 1.29 is 4.39 Å². The number of alkyl halides is 1. The summed E-state index contributed by atoms with van der Waals surface area (Å²) in [5.41, 5.74) is 1.30. The number of benzene rings is 1. The van der Waals surface area contributed by atoms with E-state index in [0.29, 0.717) is 11.3 Å². The van der Waals surface area contributed by atoms with Crippen LogP contribution in [0.3, 0.4) is 0 Å². The van der Waals surface area contributed by atoms with Crippen LogP contribution in [0.5, 0.6) is 0 Å². The summed E-state index contributed by atoms with van der Waals surface area (Å²) in [6.45, 7) is 3.85. The van der Waals surface area contributed by atoms with E-state index in [1.807, 2.05) is 23.8 Å². The molecule has 0 N–H and O–H groups in total. The number of fused-ring (bicyclic) bond motifs is 1. The molecule has 110 valence electrons. The number of thiazole rings is 1. The molecule has 2 aromatic heterocycles. The summed E-state index contributed by atoms with van der Waals surface area (Å²) in [4.78, 5) is 8.79. The third kappa shape index (κ3) is 2.54. The van der Waals surface area contributed by atoms with E-state index >= 15 is 0 Å². The van der Waals surface area contributed by atoms with Gasteiger partial charge in [-0.05, 0) is 19.9 Å². The van der Waals surface area contributed by atoms with Crippen LogP contribution in [-0.2, 0) is 0 Å². The molecule has 1 aromatic carbocycles. The lowest BCUT2D eigenvalue weighted by molar-refractivity contribution is 0.614. The molecule has 0 saturated heterocycles. The minimum atomic E-state index is -0.482. The van der Waals surface area contributed by atoms with Gasteiger partial charge in [-0.2, -0.15) is 0 Å². The molecule has 0 radical (unpaired) electrons. The maximum absolute atomic E-state index is 13.6. The zero-order chi connectivity index (χ0) is 15.1. The number of hydrogen-bond acceptors (Lipinski definition) is 3. The summed E-state index contributed by atoms with van der Waals surface area (Å²) in [7, 11) is 0. The Bertz CT molecular complexity index is 783. The Kier molecular flexibility index (Phi) is 3.90. The summed E-state index contributed by atoms with van der Waals surface area (Å²) in [5.74, 6) is 0.195. The molecular weight excluding hydrogens is 332 g/mol. The van der Waals surface area contributed by atoms with E-state index < -0.39 is 5.82 Å². The van der Waals surface area contributed by atoms with Gasteiger partial charge < -0.3 is 4.57 Å². The van der Waals surface area contributed by atoms with Crippen molar-refractivity contribution in [2.75, 3.05) is 0 Å². The first-order valence-corrected chi connectivity index (χ1v) is 8.08. The van der Waals surface area contributed by atoms with Crippen molar-refractivity contribution in [3.63, 3.8) is 0 Å². The topological polar surface area (TPSA) is 30.7 Å². The highest BCUT2D eigenvalue weighted by atomic mass is 35.5. The molecule has 0 bridgehead atoms. The number of rotatable bonds is 3. The lowest BCUT2D eigenvalue weighted by Crippen LogP contribution is -2.11. The van der Waals surface area contributed by atoms with E-state index in [0.717, 1.165) is 10.5 Å². The van der Waals surface area contributed by atoms with E-state index in [4.69, 9.17) is 23.2 Å². The average molecular weight is 344 g/mol. The average Bonchev–Trinajstić information content (AvgIpc) is 3.06. The van der Waals surface area contributed by atoms with E-state index in [1.54, 1.807) is 23.6 Å². The van der Waals surface area contributed by atoms with Gasteiger partial charge in [0.2, 0.25) is 0 Å². The predicted octanol–water partition coefficient (Wildman–Crippen LogP) is 5.19. The molecule has 0 amide bonds. The number of aromatic nitrogens is 3. The Labute approximate surface area is 135 Å². The van der Waals surface area contributed by atoms with Crippen molar-refractivity contribution in [2.24, 2.45) is 0 Å². The van der Waals surface area contributed by atoms with Crippen LogP contribution in [0.4, 0.5) is 4.39 Å². The van der Waals surface area contributed by atoms with Gasteiger partial charge in [0.1, 0.15) is 16.6 Å². The predicted molar refractivity (Wildman–Crippen MR) is 84.9 cm³/mol. The van der Waals surface area contributed by atoms with Crippen LogP contribution in [0.25, 0.3) is 11.0 Å². The largest absolute Gasteiger partial charge is 0.317 e. The van der Waals surface area contributed by atoms with Crippen LogP contribution in [0.2, 0.25) is 5.02 Å². The summed E-state index contributed by atoms with van der Waals surface area (Å²) in [5, 5.41) is 2.63. The molecule has 0 aliphatic heterocycles. The normalized spacial score (nSPS) is 14.5. The van der Waals surface area contributed by atoms with Gasteiger partial charge in [-0.3, -0.25) is 0 Å². The number of imidazole rings is 1. The molecule has 0 fully saturated rings. The Morgan fingerprint density at radius 2 is 2.10 bits per heavy atom. The molecule has 3 rings (SSSR count). The molecule has 0 aliphatic carbocycles. The first-order valence-electron chi connectivity index (χ1n) is 6.39. The quantitative estimate of drug-likeness (QED) is 0.612. The minimum absolute atomic E-state index is 0.0484. The lowest BCUT2D eigenvalue weighted by atomic mass is 10.2. The van der Waals surface area contributed by atoms with Gasteiger partial charge >= 0.3 is 0 Å². The van der Waals surface area contributed by atoms with Crippen LogP contribution in [0, 0.1) is 5.82 Å². The fourth-order valence-corrected chi connectivity index (χ4v) is 3.34. The Morgan fingerprint density at radius 1 is 1.33 bits per heavy atom. The minimum Gasteiger partial charge on any atom is -0.317 e. The molecule has 2 heterocycles. The second-order valence-corrected chi connectivity index (χ2v) is 6.75. The van der Waals surface area contributed by atoms with Crippen molar-refractivity contribution in [1.29, 1.82) is 0 Å². The van der Waals surface area contributed by atoms with Crippen LogP contribution >= 0.6 is 34.5 Å². The maximum Gasteiger partial charge on any atom is 0.144 e. The summed E-state index contributed by atoms with van der Waals surface area (Å²) in [6.07, 6.45) is 1.76. The van der Waals surface area contributed by atoms with Gasteiger partial charge in [-0.1, -0.05) is 11.6 Å². The van der Waals surface area contributed by atoms with Gasteiger partial charge in [-0.15, -0.1) is 22.9 Å². The SMILES string of the molecule is CC(Cl)c1nc2cc(F)c(Cl)cc2n1C(C)c1nccs1. The molecule has 7 heteroatoms. The maximum atomic E-state index is 13.6. The molecule has 0 saturated carbocycles. The molecule has 0 aliphatic rings. The smallest absolute Gasteiger partial charge is 0.144 e. The van der Waals surface area contributed by atoms with Crippen LogP contribution in [0.15, 0.2) is 23.7 Å². The lowest BCUT2D eigenvalue weighted by Gasteiger charge is -2.16. The highest BCUT2D eigenvalue weighted by Crippen LogP contribution is 2.33. The zero-order valence-electron chi connectivity index (χ0n) is 11.3. The van der Waals surface area contributed by atoms with E-state index in [-0.39, 0.29) is 16.4 Å². The van der Waals surface area contributed by atoms with Crippen LogP contribution < -0.4 is 0 Å². The first kappa shape index (κ1) is 14.8. The summed E-state index contributed by atoms with van der Waals surface area (Å²) < 4.78 is 15.6. The van der Waals surface area contributed by atoms with Crippen LogP contribution in [-0.4, -0.2) is 14.5 Å². The standard InChI is InChI=1S/C14H12Cl2FN3S/c1-7(15)13-19-11-6-10(17)9(16)5-12(11)20(13)8(2)14-18-3-4-21-14/h3-8H,1-2H3. The molecule has 2 unspecified atom stereocenters. The summed E-state index contributed by atoms with van der Waals surface area (Å²) in [6, 6.07) is 2.88. The number of hydrogen-bond donors (Lipinski definition) is 0. The Hall–Kier alpha value is -1.17. The van der Waals surface area contributed by atoms with E-state index in [9.17, 15) is 4.39 Å². The van der Waals surface area contributed by atoms with Gasteiger partial charge in [0.15, 0.2) is 0 Å². The molecule has 2 atom stereocenters. The Balaban J connectivity index is 2.27. The molecule has 3 aromatic rings. The van der Waals surface area contributed by atoms with Crippen molar-refractivity contribution in [1.82, 2.24) is 14.5 Å². The Morgan fingerprint density at radius 3 is 2.71 bits per heavy atom. The summed E-state index contributed by atoms with van der Waals surface area (Å²) >= 11 is 13.7. The van der Waals surface area contributed by atoms with Gasteiger partial charge in [0.05, 0.1) is 27.5 Å². The van der Waals surface area contributed by atoms with Crippen molar-refractivity contribution in [2.45, 2.75) is 25.3 Å². The number of nitrogens with zero attached hydrogens (tertiary/aromatic N) is 3. The zero-order valence-corrected chi connectivity index (χ0v) is 13.7. The fraction of sp³-hybridized carbons (Fsp3) is 0.286. The van der Waals surface area contributed by atoms with Crippen molar-refractivity contribution >= 4 is 45.6 Å². The van der Waals surface area contributed by atoms with E-state index in [1.165, 1.54) is 6.07 Å². The first-order chi connectivity index (χ1) is 9.99. The highest BCUT2D eigenvalue weighted by molar-refractivity contribution is 7.09. The van der Waals surface area contributed by atoms with Gasteiger partial charge in [0.25, 0.3) is 0 Å². The third-order valence-electron chi connectivity index (χ3n) is 3.31. The monoisotopic (exact) mass is 343 g/mol. The van der Waals surface area contributed by atoms with E-state index in [2.05, 4.69) is 9.97 Å². The van der Waals surface area contributed by atoms with Crippen LogP contribution in [0.1, 0.15) is 36.1 Å². The fourth-order valence-electron chi connectivity index (χ4n) is 2.35. The van der Waals surface area contributed by atoms with Gasteiger partial charge in [-0.25, -0.2) is 14.4 Å². The number of halogens is 3. The highest BCUT2D eigenvalue weighted by Gasteiger charge is 2.22. The third-order valence-corrected chi connectivity index (χ3v) is 4.74. The van der Waals surface area contributed by atoms with Crippen molar-refractivity contribution in [3.05, 3.63) is 45.4 Å². The molecule has 0 spiro atoms. The second-order valence-electron chi connectivity index (χ2n) is 4.76. The van der Waals surface area contributed by atoms with Gasteiger partial charge in [0, 0.05) is 17.6 Å².